The number of halogens is 1. The van der Waals surface area contributed by atoms with Gasteiger partial charge in [-0.1, -0.05) is 54.6 Å². The third kappa shape index (κ3) is 5.16. The predicted molar refractivity (Wildman–Crippen MR) is 144 cm³/mol. The summed E-state index contributed by atoms with van der Waals surface area (Å²) in [6, 6.07) is 24.6. The second-order valence-corrected chi connectivity index (χ2v) is 9.39. The Kier molecular flexibility index (Phi) is 7.83. The highest BCUT2D eigenvalue weighted by Gasteiger charge is 2.42. The Hall–Kier alpha value is -4.25. The summed E-state index contributed by atoms with van der Waals surface area (Å²) in [5, 5.41) is 10.9. The fourth-order valence-corrected chi connectivity index (χ4v) is 4.99. The molecule has 0 amide bonds. The van der Waals surface area contributed by atoms with Gasteiger partial charge in [-0.3, -0.25) is 14.3 Å². The largest absolute Gasteiger partial charge is 0.497 e. The maximum Gasteiger partial charge on any atom is 0.330 e. The van der Waals surface area contributed by atoms with Crippen molar-refractivity contribution in [2.75, 3.05) is 20.8 Å². The van der Waals surface area contributed by atoms with Crippen molar-refractivity contribution in [3.63, 3.8) is 0 Å². The predicted octanol–water partition coefficient (Wildman–Crippen LogP) is 3.35. The van der Waals surface area contributed by atoms with Crippen LogP contribution in [0.5, 0.6) is 11.5 Å². The topological polar surface area (TPSA) is 112 Å². The first kappa shape index (κ1) is 27.3. The van der Waals surface area contributed by atoms with E-state index >= 15 is 0 Å². The van der Waals surface area contributed by atoms with Gasteiger partial charge in [0.2, 0.25) is 5.82 Å². The van der Waals surface area contributed by atoms with Gasteiger partial charge < -0.3 is 24.1 Å². The van der Waals surface area contributed by atoms with E-state index in [1.807, 2.05) is 83.8 Å². The molecule has 5 rings (SSSR count). The molecular weight excluding hydrogens is 519 g/mol. The minimum Gasteiger partial charge on any atom is -0.497 e. The van der Waals surface area contributed by atoms with Crippen LogP contribution in [0, 0.1) is 5.82 Å². The van der Waals surface area contributed by atoms with Gasteiger partial charge in [-0.25, -0.2) is 4.79 Å². The summed E-state index contributed by atoms with van der Waals surface area (Å²) in [5.74, 6) is 0.229. The third-order valence-corrected chi connectivity index (χ3v) is 7.08. The summed E-state index contributed by atoms with van der Waals surface area (Å²) < 4.78 is 38.3. The lowest BCUT2D eigenvalue weighted by molar-refractivity contribution is -0.0945. The highest BCUT2D eigenvalue weighted by molar-refractivity contribution is 5.49. The van der Waals surface area contributed by atoms with Crippen LogP contribution in [-0.4, -0.2) is 47.7 Å². The minimum atomic E-state index is -1.14. The maximum absolute atomic E-state index is 13.9. The van der Waals surface area contributed by atoms with E-state index in [1.165, 1.54) is 0 Å². The normalized spacial score (nSPS) is 18.9. The second-order valence-electron chi connectivity index (χ2n) is 9.39. The average molecular weight is 549 g/mol. The van der Waals surface area contributed by atoms with Gasteiger partial charge in [0.15, 0.2) is 0 Å². The van der Waals surface area contributed by atoms with Crippen molar-refractivity contribution in [1.82, 2.24) is 9.55 Å². The molecular formula is C30H29FN2O7. The number of aliphatic hydroxyl groups excluding tert-OH is 1. The van der Waals surface area contributed by atoms with Crippen molar-refractivity contribution in [3.8, 4) is 11.5 Å². The zero-order valence-electron chi connectivity index (χ0n) is 22.0. The zero-order valence-corrected chi connectivity index (χ0v) is 22.0. The standard InChI is InChI=1S/C30H29FN2O7/c1-37-22-12-8-20(9-13-22)30(19-6-4-3-5-7-19,21-10-14-23(38-2)15-11-21)39-18-26-25(34)16-27(40-26)33-17-24(31)28(35)32-29(33)36/h3-15,17,25-27,34H,16,18H2,1-2H3,(H,32,35,36)/t25-,26+,27+/m0/s1. The molecule has 208 valence electrons. The first-order valence-electron chi connectivity index (χ1n) is 12.7. The molecule has 4 aromatic rings. The number of aliphatic hydroxyl groups is 1. The smallest absolute Gasteiger partial charge is 0.330 e. The van der Waals surface area contributed by atoms with Crippen LogP contribution < -0.4 is 20.7 Å². The molecule has 1 saturated heterocycles. The molecule has 3 aromatic carbocycles. The molecule has 1 aromatic heterocycles. The van der Waals surface area contributed by atoms with Crippen molar-refractivity contribution < 1.29 is 28.4 Å². The van der Waals surface area contributed by atoms with Gasteiger partial charge in [-0.15, -0.1) is 0 Å². The number of methoxy groups -OCH3 is 2. The van der Waals surface area contributed by atoms with Gasteiger partial charge in [0.1, 0.15) is 29.4 Å². The molecule has 1 aliphatic heterocycles. The molecule has 0 spiro atoms. The molecule has 1 aliphatic rings. The monoisotopic (exact) mass is 548 g/mol. The number of nitrogens with one attached hydrogen (secondary N) is 1. The highest BCUT2D eigenvalue weighted by atomic mass is 19.1. The number of aromatic nitrogens is 2. The van der Waals surface area contributed by atoms with E-state index in [0.29, 0.717) is 11.5 Å². The molecule has 40 heavy (non-hydrogen) atoms. The van der Waals surface area contributed by atoms with Crippen LogP contribution in [0.15, 0.2) is 94.6 Å². The Labute approximate surface area is 229 Å². The summed E-state index contributed by atoms with van der Waals surface area (Å²) in [7, 11) is 3.18. The number of hydrogen-bond donors (Lipinski definition) is 2. The van der Waals surface area contributed by atoms with Crippen molar-refractivity contribution in [3.05, 3.63) is 128 Å². The lowest BCUT2D eigenvalue weighted by atomic mass is 9.80. The number of aromatic amines is 1. The number of hydrogen-bond acceptors (Lipinski definition) is 7. The number of nitrogens with zero attached hydrogens (tertiary/aromatic N) is 1. The summed E-state index contributed by atoms with van der Waals surface area (Å²) in [6.07, 6.45) is -2.08. The first-order valence-corrected chi connectivity index (χ1v) is 12.7. The van der Waals surface area contributed by atoms with Gasteiger partial charge in [0.05, 0.1) is 33.1 Å². The van der Waals surface area contributed by atoms with Crippen molar-refractivity contribution in [1.29, 1.82) is 0 Å². The lowest BCUT2D eigenvalue weighted by Gasteiger charge is -2.37. The van der Waals surface area contributed by atoms with Crippen molar-refractivity contribution >= 4 is 0 Å². The lowest BCUT2D eigenvalue weighted by Crippen LogP contribution is -2.38. The molecule has 3 atom stereocenters. The average Bonchev–Trinajstić information content (AvgIpc) is 3.36. The van der Waals surface area contributed by atoms with Crippen LogP contribution >= 0.6 is 0 Å². The van der Waals surface area contributed by atoms with Crippen LogP contribution in [0.4, 0.5) is 4.39 Å². The Bertz CT molecular complexity index is 1500. The molecule has 1 fully saturated rings. The fourth-order valence-electron chi connectivity index (χ4n) is 4.99. The van der Waals surface area contributed by atoms with Crippen LogP contribution in [0.25, 0.3) is 0 Å². The molecule has 0 radical (unpaired) electrons. The van der Waals surface area contributed by atoms with E-state index < -0.39 is 41.1 Å². The number of ether oxygens (including phenoxy) is 4. The molecule has 9 nitrogen and oxygen atoms in total. The Balaban J connectivity index is 1.54. The molecule has 0 saturated carbocycles. The van der Waals surface area contributed by atoms with Crippen LogP contribution in [0.2, 0.25) is 0 Å². The molecule has 0 bridgehead atoms. The summed E-state index contributed by atoms with van der Waals surface area (Å²) in [5.41, 5.74) is -0.665. The third-order valence-electron chi connectivity index (χ3n) is 7.08. The quantitative estimate of drug-likeness (QED) is 0.309. The van der Waals surface area contributed by atoms with E-state index in [1.54, 1.807) is 14.2 Å². The molecule has 2 heterocycles. The van der Waals surface area contributed by atoms with Gasteiger partial charge in [0.25, 0.3) is 5.56 Å². The first-order chi connectivity index (χ1) is 19.3. The van der Waals surface area contributed by atoms with E-state index in [-0.39, 0.29) is 13.0 Å². The minimum absolute atomic E-state index is 0.00280. The molecule has 10 heteroatoms. The van der Waals surface area contributed by atoms with E-state index in [4.69, 9.17) is 18.9 Å². The van der Waals surface area contributed by atoms with Crippen LogP contribution in [0.3, 0.4) is 0 Å². The van der Waals surface area contributed by atoms with E-state index in [0.717, 1.165) is 27.5 Å². The van der Waals surface area contributed by atoms with Gasteiger partial charge >= 0.3 is 5.69 Å². The van der Waals surface area contributed by atoms with Gasteiger partial charge in [-0.2, -0.15) is 4.39 Å². The molecule has 2 N–H and O–H groups in total. The summed E-state index contributed by atoms with van der Waals surface area (Å²) in [4.78, 5) is 25.7. The summed E-state index contributed by atoms with van der Waals surface area (Å²) >= 11 is 0. The fraction of sp³-hybridized carbons (Fsp3) is 0.267. The molecule has 0 unspecified atom stereocenters. The Morgan fingerprint density at radius 1 is 0.925 bits per heavy atom. The van der Waals surface area contributed by atoms with Crippen molar-refractivity contribution in [2.24, 2.45) is 0 Å². The maximum atomic E-state index is 13.9. The van der Waals surface area contributed by atoms with Crippen molar-refractivity contribution in [2.45, 2.75) is 30.5 Å². The van der Waals surface area contributed by atoms with E-state index in [2.05, 4.69) is 0 Å². The van der Waals surface area contributed by atoms with E-state index in [9.17, 15) is 19.1 Å². The Morgan fingerprint density at radius 2 is 1.48 bits per heavy atom. The van der Waals surface area contributed by atoms with Gasteiger partial charge in [0, 0.05) is 6.42 Å². The SMILES string of the molecule is COc1ccc(C(OC[C@H]2O[C@@H](n3cc(F)c(=O)[nH]c3=O)C[C@@H]2O)(c2ccccc2)c2ccc(OC)cc2)cc1. The van der Waals surface area contributed by atoms with Crippen LogP contribution in [0.1, 0.15) is 29.3 Å². The van der Waals surface area contributed by atoms with Gasteiger partial charge in [-0.05, 0) is 41.0 Å². The van der Waals surface area contributed by atoms with Crippen LogP contribution in [-0.2, 0) is 15.1 Å². The highest BCUT2D eigenvalue weighted by Crippen LogP contribution is 2.42. The number of benzene rings is 3. The second kappa shape index (κ2) is 11.5. The summed E-state index contributed by atoms with van der Waals surface area (Å²) in [6.45, 7) is -0.0782. The zero-order chi connectivity index (χ0) is 28.3. The number of H-pyrrole nitrogens is 1. The Morgan fingerprint density at radius 3 is 2.02 bits per heavy atom. The molecule has 0 aliphatic carbocycles. The number of rotatable bonds is 9.